The van der Waals surface area contributed by atoms with E-state index in [1.807, 2.05) is 21.1 Å². The molecular formula is C39H76NO8P. The number of rotatable bonds is 36. The zero-order valence-corrected chi connectivity index (χ0v) is 33.3. The Kier molecular flexibility index (Phi) is 31.8. The summed E-state index contributed by atoms with van der Waals surface area (Å²) in [5.74, 6) is -0.841. The van der Waals surface area contributed by atoms with Crippen LogP contribution in [-0.4, -0.2) is 70.0 Å². The largest absolute Gasteiger partial charge is 0.756 e. The lowest BCUT2D eigenvalue weighted by atomic mass is 10.1. The summed E-state index contributed by atoms with van der Waals surface area (Å²) < 4.78 is 33.7. The van der Waals surface area contributed by atoms with Gasteiger partial charge in [-0.1, -0.05) is 135 Å². The van der Waals surface area contributed by atoms with Crippen LogP contribution in [0.25, 0.3) is 0 Å². The number of phosphoric acid groups is 1. The van der Waals surface area contributed by atoms with E-state index in [9.17, 15) is 19.0 Å². The van der Waals surface area contributed by atoms with E-state index >= 15 is 0 Å². The molecule has 0 aliphatic heterocycles. The summed E-state index contributed by atoms with van der Waals surface area (Å²) in [6, 6.07) is 0. The number of carbonyl (C=O) groups excluding carboxylic acids is 2. The van der Waals surface area contributed by atoms with Gasteiger partial charge in [-0.2, -0.15) is 0 Å². The fourth-order valence-corrected chi connectivity index (χ4v) is 6.08. The van der Waals surface area contributed by atoms with Gasteiger partial charge in [-0.05, 0) is 38.5 Å². The molecule has 0 N–H and O–H groups in total. The molecule has 10 heteroatoms. The SMILES string of the molecule is CCCCCCC/C=C\CCCCCCCC(=O)OC(COC(=O)CCCCCCCCCCCCC)COP(=O)([O-])OCC[N+](C)(C)C. The van der Waals surface area contributed by atoms with Crippen LogP contribution in [0.5, 0.6) is 0 Å². The number of hydrogen-bond acceptors (Lipinski definition) is 8. The van der Waals surface area contributed by atoms with Gasteiger partial charge < -0.3 is 27.9 Å². The zero-order valence-electron chi connectivity index (χ0n) is 32.4. The predicted molar refractivity (Wildman–Crippen MR) is 199 cm³/mol. The molecule has 9 nitrogen and oxygen atoms in total. The summed E-state index contributed by atoms with van der Waals surface area (Å²) in [6.45, 7) is 4.20. The van der Waals surface area contributed by atoms with Crippen molar-refractivity contribution >= 4 is 19.8 Å². The standard InChI is InChI=1S/C39H76NO8P/c1-6-8-10-12-14-16-18-19-20-22-24-26-28-30-32-39(42)48-37(36-47-49(43,44)46-34-33-40(3,4)5)35-45-38(41)31-29-27-25-23-21-17-15-13-11-9-7-2/h18-19,37H,6-17,20-36H2,1-5H3/b19-18-. The van der Waals surface area contributed by atoms with E-state index in [-0.39, 0.29) is 32.0 Å². The van der Waals surface area contributed by atoms with Crippen molar-refractivity contribution < 1.29 is 42.1 Å². The Morgan fingerprint density at radius 1 is 0.612 bits per heavy atom. The monoisotopic (exact) mass is 718 g/mol. The highest BCUT2D eigenvalue weighted by Crippen LogP contribution is 2.38. The van der Waals surface area contributed by atoms with Gasteiger partial charge in [-0.15, -0.1) is 0 Å². The van der Waals surface area contributed by atoms with Crippen LogP contribution < -0.4 is 4.89 Å². The minimum absolute atomic E-state index is 0.0297. The van der Waals surface area contributed by atoms with E-state index in [1.165, 1.54) is 89.9 Å². The molecule has 0 spiro atoms. The number of unbranched alkanes of at least 4 members (excludes halogenated alkanes) is 20. The number of quaternary nitrogens is 1. The van der Waals surface area contributed by atoms with Crippen LogP contribution in [0.3, 0.4) is 0 Å². The van der Waals surface area contributed by atoms with Crippen LogP contribution in [0, 0.1) is 0 Å². The minimum Gasteiger partial charge on any atom is -0.756 e. The summed E-state index contributed by atoms with van der Waals surface area (Å²) in [7, 11) is 1.17. The topological polar surface area (TPSA) is 111 Å². The molecule has 0 aromatic carbocycles. The van der Waals surface area contributed by atoms with Crippen LogP contribution in [0.1, 0.15) is 174 Å². The quantitative estimate of drug-likeness (QED) is 0.0207. The molecule has 0 fully saturated rings. The second-order valence-electron chi connectivity index (χ2n) is 14.7. The van der Waals surface area contributed by atoms with Crippen molar-refractivity contribution in [1.82, 2.24) is 0 Å². The molecule has 2 atom stereocenters. The van der Waals surface area contributed by atoms with Crippen LogP contribution in [0.2, 0.25) is 0 Å². The van der Waals surface area contributed by atoms with Gasteiger partial charge in [0.1, 0.15) is 19.8 Å². The van der Waals surface area contributed by atoms with E-state index < -0.39 is 26.5 Å². The van der Waals surface area contributed by atoms with Crippen molar-refractivity contribution in [3.05, 3.63) is 12.2 Å². The molecule has 0 saturated carbocycles. The van der Waals surface area contributed by atoms with Gasteiger partial charge in [0, 0.05) is 12.8 Å². The van der Waals surface area contributed by atoms with Crippen molar-refractivity contribution in [2.75, 3.05) is 47.5 Å². The molecule has 49 heavy (non-hydrogen) atoms. The van der Waals surface area contributed by atoms with Gasteiger partial charge in [0.15, 0.2) is 6.10 Å². The molecule has 0 bridgehead atoms. The summed E-state index contributed by atoms with van der Waals surface area (Å²) in [5, 5.41) is 0. The Morgan fingerprint density at radius 2 is 1.04 bits per heavy atom. The predicted octanol–water partition coefficient (Wildman–Crippen LogP) is 10.00. The van der Waals surface area contributed by atoms with Crippen LogP contribution in [0.15, 0.2) is 12.2 Å². The van der Waals surface area contributed by atoms with Gasteiger partial charge in [0.25, 0.3) is 7.82 Å². The molecule has 0 aromatic rings. The Labute approximate surface area is 301 Å². The fourth-order valence-electron chi connectivity index (χ4n) is 5.35. The number of hydrogen-bond donors (Lipinski definition) is 0. The first kappa shape index (κ1) is 47.8. The average Bonchev–Trinajstić information content (AvgIpc) is 3.04. The van der Waals surface area contributed by atoms with Gasteiger partial charge in [0.2, 0.25) is 0 Å². The van der Waals surface area contributed by atoms with Gasteiger partial charge in [-0.25, -0.2) is 0 Å². The lowest BCUT2D eigenvalue weighted by Crippen LogP contribution is -2.37. The van der Waals surface area contributed by atoms with E-state index in [2.05, 4.69) is 26.0 Å². The molecule has 0 aliphatic rings. The normalized spacial score (nSPS) is 13.8. The molecule has 0 saturated heterocycles. The highest BCUT2D eigenvalue weighted by Gasteiger charge is 2.21. The Balaban J connectivity index is 4.42. The zero-order chi connectivity index (χ0) is 36.5. The summed E-state index contributed by atoms with van der Waals surface area (Å²) in [5.41, 5.74) is 0. The second kappa shape index (κ2) is 32.6. The van der Waals surface area contributed by atoms with Crippen LogP contribution in [-0.2, 0) is 32.7 Å². The third-order valence-electron chi connectivity index (χ3n) is 8.54. The Bertz CT molecular complexity index is 860. The number of carbonyl (C=O) groups is 2. The van der Waals surface area contributed by atoms with Gasteiger partial charge in [-0.3, -0.25) is 14.2 Å². The maximum atomic E-state index is 12.6. The molecule has 0 amide bonds. The molecule has 0 rings (SSSR count). The summed E-state index contributed by atoms with van der Waals surface area (Å²) in [4.78, 5) is 37.3. The number of nitrogens with zero attached hydrogens (tertiary/aromatic N) is 1. The fraction of sp³-hybridized carbons (Fsp3) is 0.897. The first-order chi connectivity index (χ1) is 23.5. The van der Waals surface area contributed by atoms with E-state index in [0.29, 0.717) is 17.4 Å². The van der Waals surface area contributed by atoms with Crippen molar-refractivity contribution in [3.63, 3.8) is 0 Å². The minimum atomic E-state index is -4.61. The second-order valence-corrected chi connectivity index (χ2v) is 16.1. The number of ether oxygens (including phenoxy) is 2. The van der Waals surface area contributed by atoms with E-state index in [1.54, 1.807) is 0 Å². The van der Waals surface area contributed by atoms with Crippen LogP contribution in [0.4, 0.5) is 0 Å². The van der Waals surface area contributed by atoms with Crippen molar-refractivity contribution in [3.8, 4) is 0 Å². The molecular weight excluding hydrogens is 641 g/mol. The van der Waals surface area contributed by atoms with E-state index in [4.69, 9.17) is 18.5 Å². The third-order valence-corrected chi connectivity index (χ3v) is 9.50. The number of allylic oxidation sites excluding steroid dienone is 2. The number of likely N-dealkylation sites (N-methyl/N-ethyl adjacent to an activating group) is 1. The summed E-state index contributed by atoms with van der Waals surface area (Å²) >= 11 is 0. The number of phosphoric ester groups is 1. The van der Waals surface area contributed by atoms with Crippen molar-refractivity contribution in [1.29, 1.82) is 0 Å². The Morgan fingerprint density at radius 3 is 1.51 bits per heavy atom. The summed E-state index contributed by atoms with van der Waals surface area (Å²) in [6.07, 6.45) is 30.9. The number of esters is 2. The van der Waals surface area contributed by atoms with Crippen molar-refractivity contribution in [2.24, 2.45) is 0 Å². The van der Waals surface area contributed by atoms with Gasteiger partial charge >= 0.3 is 11.9 Å². The van der Waals surface area contributed by atoms with E-state index in [0.717, 1.165) is 51.4 Å². The maximum Gasteiger partial charge on any atom is 0.306 e. The highest BCUT2D eigenvalue weighted by atomic mass is 31.2. The lowest BCUT2D eigenvalue weighted by molar-refractivity contribution is -0.870. The maximum absolute atomic E-state index is 12.6. The molecule has 290 valence electrons. The van der Waals surface area contributed by atoms with Crippen LogP contribution >= 0.6 is 7.82 Å². The molecule has 2 unspecified atom stereocenters. The first-order valence-electron chi connectivity index (χ1n) is 19.9. The molecule has 0 radical (unpaired) electrons. The molecule has 0 heterocycles. The molecule has 0 aromatic heterocycles. The van der Waals surface area contributed by atoms with Crippen molar-refractivity contribution in [2.45, 2.75) is 180 Å². The lowest BCUT2D eigenvalue weighted by Gasteiger charge is -2.28. The average molecular weight is 718 g/mol. The Hall–Kier alpha value is -1.25. The smallest absolute Gasteiger partial charge is 0.306 e. The highest BCUT2D eigenvalue weighted by molar-refractivity contribution is 7.45. The first-order valence-corrected chi connectivity index (χ1v) is 21.4. The molecule has 0 aliphatic carbocycles. The van der Waals surface area contributed by atoms with Gasteiger partial charge in [0.05, 0.1) is 27.7 Å². The third kappa shape index (κ3) is 36.3.